The first-order valence-electron chi connectivity index (χ1n) is 11.0. The monoisotopic (exact) mass is 382 g/mol. The van der Waals surface area contributed by atoms with Gasteiger partial charge in [0.2, 0.25) is 5.91 Å². The van der Waals surface area contributed by atoms with Crippen molar-refractivity contribution in [2.75, 3.05) is 39.9 Å². The highest BCUT2D eigenvalue weighted by molar-refractivity contribution is 5.80. The maximum absolute atomic E-state index is 11.8. The lowest BCUT2D eigenvalue weighted by Crippen LogP contribution is -2.44. The molecule has 1 aliphatic carbocycles. The van der Waals surface area contributed by atoms with E-state index in [1.54, 1.807) is 7.05 Å². The predicted molar refractivity (Wildman–Crippen MR) is 111 cm³/mol. The Morgan fingerprint density at radius 2 is 1.67 bits per heavy atom. The van der Waals surface area contributed by atoms with Crippen LogP contribution in [0.4, 0.5) is 0 Å². The molecular formula is C22H42N2O3. The third-order valence-electron chi connectivity index (χ3n) is 6.27. The Balaban J connectivity index is 0.00000176. The lowest BCUT2D eigenvalue weighted by Gasteiger charge is -2.45. The number of ketones is 1. The standard InChI is InChI=1S/C20H36N2O3.C2H6/c1-16(2)18(23)6-14-25-15-13-22-11-9-20(10-12-22)7-4-17(5-8-20)19(24)21-3;1-2/h16-17H,4-15H2,1-3H3,(H,21,24);1-2H3. The third kappa shape index (κ3) is 7.90. The molecule has 0 aromatic rings. The Bertz CT molecular complexity index is 433. The van der Waals surface area contributed by atoms with Gasteiger partial charge in [0, 0.05) is 31.8 Å². The molecule has 1 heterocycles. The van der Waals surface area contributed by atoms with Crippen molar-refractivity contribution in [3.8, 4) is 0 Å². The largest absolute Gasteiger partial charge is 0.380 e. The predicted octanol–water partition coefficient (Wildman–Crippen LogP) is 3.66. The number of amides is 1. The van der Waals surface area contributed by atoms with E-state index in [1.807, 2.05) is 27.7 Å². The maximum atomic E-state index is 11.8. The van der Waals surface area contributed by atoms with Crippen LogP contribution in [0.2, 0.25) is 0 Å². The van der Waals surface area contributed by atoms with E-state index < -0.39 is 0 Å². The quantitative estimate of drug-likeness (QED) is 0.651. The Hall–Kier alpha value is -0.940. The highest BCUT2D eigenvalue weighted by Crippen LogP contribution is 2.46. The summed E-state index contributed by atoms with van der Waals surface area (Å²) < 4.78 is 5.64. The van der Waals surface area contributed by atoms with Crippen molar-refractivity contribution in [1.82, 2.24) is 10.2 Å². The van der Waals surface area contributed by atoms with Crippen molar-refractivity contribution >= 4 is 11.7 Å². The number of nitrogens with one attached hydrogen (secondary N) is 1. The van der Waals surface area contributed by atoms with Gasteiger partial charge in [0.05, 0.1) is 13.2 Å². The number of Topliss-reactive ketones (excluding diaryl/α,β-unsaturated/α-hetero) is 1. The van der Waals surface area contributed by atoms with E-state index in [2.05, 4.69) is 10.2 Å². The number of rotatable bonds is 8. The minimum Gasteiger partial charge on any atom is -0.380 e. The average molecular weight is 383 g/mol. The van der Waals surface area contributed by atoms with Crippen LogP contribution in [-0.2, 0) is 14.3 Å². The molecule has 2 rings (SSSR count). The summed E-state index contributed by atoms with van der Waals surface area (Å²) in [7, 11) is 1.74. The SMILES string of the molecule is CC.CNC(=O)C1CCC2(CC1)CCN(CCOCCC(=O)C(C)C)CC2. The first kappa shape index (κ1) is 24.1. The van der Waals surface area contributed by atoms with Crippen LogP contribution in [0.5, 0.6) is 0 Å². The fraction of sp³-hybridized carbons (Fsp3) is 0.909. The molecule has 5 nitrogen and oxygen atoms in total. The summed E-state index contributed by atoms with van der Waals surface area (Å²) in [5.74, 6) is 0.851. The van der Waals surface area contributed by atoms with Gasteiger partial charge < -0.3 is 15.0 Å². The molecule has 1 aliphatic heterocycles. The van der Waals surface area contributed by atoms with Crippen LogP contribution in [0.25, 0.3) is 0 Å². The van der Waals surface area contributed by atoms with Gasteiger partial charge in [-0.15, -0.1) is 0 Å². The molecule has 1 N–H and O–H groups in total. The lowest BCUT2D eigenvalue weighted by atomic mass is 9.65. The highest BCUT2D eigenvalue weighted by atomic mass is 16.5. The van der Waals surface area contributed by atoms with E-state index in [0.29, 0.717) is 18.4 Å². The molecule has 0 aromatic carbocycles. The number of nitrogens with zero attached hydrogens (tertiary/aromatic N) is 1. The van der Waals surface area contributed by atoms with E-state index in [4.69, 9.17) is 4.74 Å². The molecule has 0 aromatic heterocycles. The van der Waals surface area contributed by atoms with Crippen LogP contribution >= 0.6 is 0 Å². The summed E-state index contributed by atoms with van der Waals surface area (Å²) in [6.45, 7) is 12.4. The number of piperidine rings is 1. The summed E-state index contributed by atoms with van der Waals surface area (Å²) in [5, 5.41) is 2.80. The van der Waals surface area contributed by atoms with E-state index in [0.717, 1.165) is 39.1 Å². The topological polar surface area (TPSA) is 58.6 Å². The Morgan fingerprint density at radius 1 is 1.07 bits per heavy atom. The van der Waals surface area contributed by atoms with Gasteiger partial charge in [-0.3, -0.25) is 9.59 Å². The molecule has 5 heteroatoms. The number of ether oxygens (including phenoxy) is 1. The summed E-state index contributed by atoms with van der Waals surface area (Å²) >= 11 is 0. The molecule has 0 unspecified atom stereocenters. The van der Waals surface area contributed by atoms with Crippen LogP contribution in [-0.4, -0.2) is 56.5 Å². The molecule has 0 radical (unpaired) electrons. The van der Waals surface area contributed by atoms with E-state index in [9.17, 15) is 9.59 Å². The Labute approximate surface area is 166 Å². The second kappa shape index (κ2) is 12.5. The molecule has 0 atom stereocenters. The minimum absolute atomic E-state index is 0.111. The van der Waals surface area contributed by atoms with E-state index >= 15 is 0 Å². The summed E-state index contributed by atoms with van der Waals surface area (Å²) in [4.78, 5) is 25.8. The average Bonchev–Trinajstić information content (AvgIpc) is 2.70. The van der Waals surface area contributed by atoms with Gasteiger partial charge in [0.25, 0.3) is 0 Å². The normalized spacial score (nSPS) is 20.2. The second-order valence-electron chi connectivity index (χ2n) is 8.21. The van der Waals surface area contributed by atoms with Gasteiger partial charge in [0.15, 0.2) is 0 Å². The zero-order valence-corrected chi connectivity index (χ0v) is 18.3. The zero-order chi connectivity index (χ0) is 20.3. The van der Waals surface area contributed by atoms with Crippen LogP contribution in [0.1, 0.15) is 72.6 Å². The molecule has 2 aliphatic rings. The van der Waals surface area contributed by atoms with Crippen LogP contribution < -0.4 is 5.32 Å². The minimum atomic E-state index is 0.111. The number of hydrogen-bond donors (Lipinski definition) is 1. The lowest BCUT2D eigenvalue weighted by molar-refractivity contribution is -0.126. The molecule has 1 spiro atoms. The van der Waals surface area contributed by atoms with E-state index in [-0.39, 0.29) is 23.5 Å². The smallest absolute Gasteiger partial charge is 0.222 e. The Morgan fingerprint density at radius 3 is 2.19 bits per heavy atom. The molecular weight excluding hydrogens is 340 g/mol. The van der Waals surface area contributed by atoms with Crippen molar-refractivity contribution in [2.24, 2.45) is 17.3 Å². The van der Waals surface area contributed by atoms with Crippen molar-refractivity contribution in [2.45, 2.75) is 72.6 Å². The summed E-state index contributed by atoms with van der Waals surface area (Å²) in [5.41, 5.74) is 0.478. The van der Waals surface area contributed by atoms with Gasteiger partial charge in [-0.25, -0.2) is 0 Å². The molecule has 1 amide bonds. The third-order valence-corrected chi connectivity index (χ3v) is 6.27. The molecule has 27 heavy (non-hydrogen) atoms. The fourth-order valence-electron chi connectivity index (χ4n) is 4.20. The van der Waals surface area contributed by atoms with Gasteiger partial charge in [0.1, 0.15) is 5.78 Å². The number of carbonyl (C=O) groups excluding carboxylic acids is 2. The Kier molecular flexibility index (Phi) is 11.2. The number of likely N-dealkylation sites (tertiary alicyclic amines) is 1. The molecule has 1 saturated heterocycles. The molecule has 158 valence electrons. The fourth-order valence-corrected chi connectivity index (χ4v) is 4.20. The molecule has 2 fully saturated rings. The van der Waals surface area contributed by atoms with Gasteiger partial charge >= 0.3 is 0 Å². The number of carbonyl (C=O) groups is 2. The first-order chi connectivity index (χ1) is 13.0. The second-order valence-corrected chi connectivity index (χ2v) is 8.21. The molecule has 1 saturated carbocycles. The van der Waals surface area contributed by atoms with Gasteiger partial charge in [-0.05, 0) is 57.0 Å². The first-order valence-corrected chi connectivity index (χ1v) is 11.0. The van der Waals surface area contributed by atoms with Crippen molar-refractivity contribution in [1.29, 1.82) is 0 Å². The van der Waals surface area contributed by atoms with E-state index in [1.165, 1.54) is 25.7 Å². The summed E-state index contributed by atoms with van der Waals surface area (Å²) in [6, 6.07) is 0. The van der Waals surface area contributed by atoms with Crippen LogP contribution in [0, 0.1) is 17.3 Å². The van der Waals surface area contributed by atoms with Crippen LogP contribution in [0.3, 0.4) is 0 Å². The maximum Gasteiger partial charge on any atom is 0.222 e. The zero-order valence-electron chi connectivity index (χ0n) is 18.3. The van der Waals surface area contributed by atoms with Crippen molar-refractivity contribution in [3.05, 3.63) is 0 Å². The summed E-state index contributed by atoms with van der Waals surface area (Å²) in [6.07, 6.45) is 7.53. The highest BCUT2D eigenvalue weighted by Gasteiger charge is 2.39. The van der Waals surface area contributed by atoms with Crippen molar-refractivity contribution < 1.29 is 14.3 Å². The van der Waals surface area contributed by atoms with Gasteiger partial charge in [-0.2, -0.15) is 0 Å². The van der Waals surface area contributed by atoms with Crippen molar-refractivity contribution in [3.63, 3.8) is 0 Å². The van der Waals surface area contributed by atoms with Crippen LogP contribution in [0.15, 0.2) is 0 Å². The number of hydrogen-bond acceptors (Lipinski definition) is 4. The van der Waals surface area contributed by atoms with Gasteiger partial charge in [-0.1, -0.05) is 27.7 Å². The molecule has 0 bridgehead atoms.